The third kappa shape index (κ3) is 2.04. The molecule has 3 rings (SSSR count). The van der Waals surface area contributed by atoms with Gasteiger partial charge in [0.05, 0.1) is 0 Å². The van der Waals surface area contributed by atoms with Crippen molar-refractivity contribution in [2.24, 2.45) is 0 Å². The number of aromatic nitrogens is 4. The lowest BCUT2D eigenvalue weighted by Gasteiger charge is -2.02. The first-order valence-corrected chi connectivity index (χ1v) is 6.10. The molecule has 0 unspecified atom stereocenters. The van der Waals surface area contributed by atoms with E-state index in [0.717, 1.165) is 15.8 Å². The second-order valence-electron chi connectivity index (χ2n) is 3.68. The highest BCUT2D eigenvalue weighted by molar-refractivity contribution is 7.16. The van der Waals surface area contributed by atoms with Gasteiger partial charge in [0.15, 0.2) is 10.8 Å². The molecule has 0 saturated heterocycles. The molecule has 0 atom stereocenters. The first kappa shape index (κ1) is 11.1. The van der Waals surface area contributed by atoms with E-state index in [2.05, 4.69) is 15.3 Å². The molecular weight excluding hydrogens is 255 g/mol. The number of hydrogen-bond acceptors (Lipinski definition) is 5. The van der Waals surface area contributed by atoms with Crippen molar-refractivity contribution in [3.63, 3.8) is 0 Å². The molecule has 2 aromatic heterocycles. The molecule has 0 bridgehead atoms. The Morgan fingerprint density at radius 2 is 2.06 bits per heavy atom. The van der Waals surface area contributed by atoms with Gasteiger partial charge >= 0.3 is 0 Å². The van der Waals surface area contributed by atoms with Crippen molar-refractivity contribution < 1.29 is 9.13 Å². The molecule has 0 amide bonds. The molecule has 3 aromatic rings. The van der Waals surface area contributed by atoms with Gasteiger partial charge in [-0.3, -0.25) is 0 Å². The van der Waals surface area contributed by atoms with Crippen LogP contribution in [0.25, 0.3) is 4.96 Å². The number of nitrogens with zero attached hydrogens (tertiary/aromatic N) is 4. The van der Waals surface area contributed by atoms with E-state index in [9.17, 15) is 4.39 Å². The highest BCUT2D eigenvalue weighted by Crippen LogP contribution is 2.17. The van der Waals surface area contributed by atoms with Crippen molar-refractivity contribution in [3.8, 4) is 5.75 Å². The van der Waals surface area contributed by atoms with E-state index in [0.29, 0.717) is 12.4 Å². The van der Waals surface area contributed by atoms with E-state index in [1.807, 2.05) is 6.92 Å². The van der Waals surface area contributed by atoms with Crippen LogP contribution in [0.1, 0.15) is 10.8 Å². The molecule has 18 heavy (non-hydrogen) atoms. The SMILES string of the molecule is Cc1nnc2sc(COc3ccc(F)cc3)nn12. The Balaban J connectivity index is 1.74. The zero-order chi connectivity index (χ0) is 12.5. The highest BCUT2D eigenvalue weighted by Gasteiger charge is 2.08. The van der Waals surface area contributed by atoms with E-state index in [1.165, 1.54) is 23.5 Å². The maximum atomic E-state index is 12.7. The largest absolute Gasteiger partial charge is 0.486 e. The predicted octanol–water partition coefficient (Wildman–Crippen LogP) is 2.21. The molecule has 0 spiro atoms. The first-order valence-electron chi connectivity index (χ1n) is 5.28. The summed E-state index contributed by atoms with van der Waals surface area (Å²) in [5.74, 6) is 1.07. The van der Waals surface area contributed by atoms with Gasteiger partial charge in [-0.15, -0.1) is 10.2 Å². The number of aryl methyl sites for hydroxylation is 1. The topological polar surface area (TPSA) is 52.3 Å². The van der Waals surface area contributed by atoms with Crippen LogP contribution in [0, 0.1) is 12.7 Å². The van der Waals surface area contributed by atoms with Crippen molar-refractivity contribution in [2.75, 3.05) is 0 Å². The summed E-state index contributed by atoms with van der Waals surface area (Å²) in [6.07, 6.45) is 0. The summed E-state index contributed by atoms with van der Waals surface area (Å²) >= 11 is 1.42. The zero-order valence-electron chi connectivity index (χ0n) is 9.50. The van der Waals surface area contributed by atoms with Crippen LogP contribution in [0.5, 0.6) is 5.75 Å². The summed E-state index contributed by atoms with van der Waals surface area (Å²) in [6.45, 7) is 2.17. The van der Waals surface area contributed by atoms with Crippen molar-refractivity contribution >= 4 is 16.3 Å². The van der Waals surface area contributed by atoms with E-state index < -0.39 is 0 Å². The summed E-state index contributed by atoms with van der Waals surface area (Å²) in [5.41, 5.74) is 0. The fraction of sp³-hybridized carbons (Fsp3) is 0.182. The summed E-state index contributed by atoms with van der Waals surface area (Å²) in [4.78, 5) is 0.741. The van der Waals surface area contributed by atoms with Crippen LogP contribution in [0.4, 0.5) is 4.39 Å². The summed E-state index contributed by atoms with van der Waals surface area (Å²) in [7, 11) is 0. The Morgan fingerprint density at radius 3 is 2.78 bits per heavy atom. The van der Waals surface area contributed by atoms with Crippen LogP contribution in [0.2, 0.25) is 0 Å². The van der Waals surface area contributed by atoms with E-state index in [1.54, 1.807) is 16.6 Å². The molecule has 2 heterocycles. The third-order valence-corrected chi connectivity index (χ3v) is 3.24. The molecule has 0 radical (unpaired) electrons. The Labute approximate surface area is 106 Å². The van der Waals surface area contributed by atoms with Gasteiger partial charge in [-0.25, -0.2) is 4.39 Å². The van der Waals surface area contributed by atoms with Crippen molar-refractivity contribution in [2.45, 2.75) is 13.5 Å². The molecular formula is C11H9FN4OS. The van der Waals surface area contributed by atoms with Gasteiger partial charge in [0.25, 0.3) is 0 Å². The lowest BCUT2D eigenvalue weighted by Crippen LogP contribution is -1.97. The second-order valence-corrected chi connectivity index (χ2v) is 4.72. The Morgan fingerprint density at radius 1 is 1.28 bits per heavy atom. The minimum Gasteiger partial charge on any atom is -0.486 e. The molecule has 0 fully saturated rings. The average Bonchev–Trinajstić information content (AvgIpc) is 2.91. The number of rotatable bonds is 3. The molecule has 92 valence electrons. The Hall–Kier alpha value is -2.02. The van der Waals surface area contributed by atoms with Gasteiger partial charge in [-0.1, -0.05) is 11.3 Å². The smallest absolute Gasteiger partial charge is 0.234 e. The Kier molecular flexibility index (Phi) is 2.67. The van der Waals surface area contributed by atoms with Gasteiger partial charge < -0.3 is 4.74 Å². The van der Waals surface area contributed by atoms with Crippen LogP contribution in [0.3, 0.4) is 0 Å². The molecule has 0 saturated carbocycles. The highest BCUT2D eigenvalue weighted by atomic mass is 32.1. The lowest BCUT2D eigenvalue weighted by atomic mass is 10.3. The van der Waals surface area contributed by atoms with Crippen LogP contribution >= 0.6 is 11.3 Å². The maximum Gasteiger partial charge on any atom is 0.234 e. The number of hydrogen-bond donors (Lipinski definition) is 0. The van der Waals surface area contributed by atoms with Gasteiger partial charge in [0.1, 0.15) is 18.2 Å². The lowest BCUT2D eigenvalue weighted by molar-refractivity contribution is 0.303. The van der Waals surface area contributed by atoms with Gasteiger partial charge in [-0.05, 0) is 31.2 Å². The summed E-state index contributed by atoms with van der Waals surface area (Å²) < 4.78 is 19.9. The zero-order valence-corrected chi connectivity index (χ0v) is 10.3. The number of benzene rings is 1. The summed E-state index contributed by atoms with van der Waals surface area (Å²) in [5, 5.41) is 13.0. The van der Waals surface area contributed by atoms with Crippen LogP contribution < -0.4 is 4.74 Å². The van der Waals surface area contributed by atoms with Crippen molar-refractivity contribution in [3.05, 3.63) is 40.9 Å². The molecule has 0 aliphatic carbocycles. The quantitative estimate of drug-likeness (QED) is 0.727. The number of fused-ring (bicyclic) bond motifs is 1. The molecule has 7 heteroatoms. The third-order valence-electron chi connectivity index (χ3n) is 2.36. The van der Waals surface area contributed by atoms with Crippen LogP contribution in [-0.2, 0) is 6.61 Å². The van der Waals surface area contributed by atoms with Crippen molar-refractivity contribution in [1.82, 2.24) is 19.8 Å². The van der Waals surface area contributed by atoms with E-state index in [-0.39, 0.29) is 5.82 Å². The van der Waals surface area contributed by atoms with Crippen LogP contribution in [-0.4, -0.2) is 19.8 Å². The molecule has 0 N–H and O–H groups in total. The summed E-state index contributed by atoms with van der Waals surface area (Å²) in [6, 6.07) is 5.89. The molecule has 0 aliphatic heterocycles. The van der Waals surface area contributed by atoms with Gasteiger partial charge in [-0.2, -0.15) is 9.61 Å². The van der Waals surface area contributed by atoms with Gasteiger partial charge in [0, 0.05) is 0 Å². The average molecular weight is 264 g/mol. The van der Waals surface area contributed by atoms with Crippen LogP contribution in [0.15, 0.2) is 24.3 Å². The number of ether oxygens (including phenoxy) is 1. The Bertz CT molecular complexity index is 676. The monoisotopic (exact) mass is 264 g/mol. The van der Waals surface area contributed by atoms with Crippen molar-refractivity contribution in [1.29, 1.82) is 0 Å². The maximum absolute atomic E-state index is 12.7. The fourth-order valence-electron chi connectivity index (χ4n) is 1.49. The molecule has 5 nitrogen and oxygen atoms in total. The standard InChI is InChI=1S/C11H9FN4OS/c1-7-13-14-11-16(7)15-10(18-11)6-17-9-4-2-8(12)3-5-9/h2-5H,6H2,1H3. The normalized spacial score (nSPS) is 11.0. The number of halogens is 1. The van der Waals surface area contributed by atoms with Gasteiger partial charge in [0.2, 0.25) is 4.96 Å². The fourth-order valence-corrected chi connectivity index (χ4v) is 2.28. The molecule has 0 aliphatic rings. The minimum absolute atomic E-state index is 0.281. The minimum atomic E-state index is -0.281. The first-order chi connectivity index (χ1) is 8.72. The second kappa shape index (κ2) is 4.34. The van der Waals surface area contributed by atoms with E-state index in [4.69, 9.17) is 4.74 Å². The van der Waals surface area contributed by atoms with E-state index >= 15 is 0 Å². The molecule has 1 aromatic carbocycles. The predicted molar refractivity (Wildman–Crippen MR) is 64.1 cm³/mol.